The van der Waals surface area contributed by atoms with Crippen LogP contribution in [0.25, 0.3) is 11.0 Å². The van der Waals surface area contributed by atoms with E-state index in [-0.39, 0.29) is 11.3 Å². The van der Waals surface area contributed by atoms with E-state index in [0.29, 0.717) is 12.3 Å². The molecule has 1 amide bonds. The SMILES string of the molecule is Cc1cc2oc(C(=O)NCC3(CN4CCCCC4)CCOCC3)c(C)c2cc1C. The lowest BCUT2D eigenvalue weighted by atomic mass is 9.79. The van der Waals surface area contributed by atoms with E-state index in [1.54, 1.807) is 0 Å². The minimum atomic E-state index is -0.0986. The van der Waals surface area contributed by atoms with Gasteiger partial charge in [-0.05, 0) is 82.8 Å². The molecule has 2 fully saturated rings. The standard InChI is InChI=1S/C24H34N2O3/c1-17-13-20-19(3)22(29-21(20)14-18(17)2)23(27)25-15-24(7-11-28-12-8-24)16-26-9-5-4-6-10-26/h13-14H,4-12,15-16H2,1-3H3,(H,25,27). The Morgan fingerprint density at radius 3 is 2.48 bits per heavy atom. The van der Waals surface area contributed by atoms with E-state index in [1.807, 2.05) is 13.0 Å². The minimum absolute atomic E-state index is 0.0956. The molecule has 0 atom stereocenters. The molecule has 0 radical (unpaired) electrons. The fraction of sp³-hybridized carbons (Fsp3) is 0.625. The third kappa shape index (κ3) is 4.36. The summed E-state index contributed by atoms with van der Waals surface area (Å²) in [7, 11) is 0. The molecule has 0 spiro atoms. The molecular formula is C24H34N2O3. The maximum absolute atomic E-state index is 13.0. The van der Waals surface area contributed by atoms with Crippen molar-refractivity contribution >= 4 is 16.9 Å². The van der Waals surface area contributed by atoms with Crippen LogP contribution in [0.2, 0.25) is 0 Å². The van der Waals surface area contributed by atoms with E-state index in [0.717, 1.165) is 49.1 Å². The number of benzene rings is 1. The molecule has 5 nitrogen and oxygen atoms in total. The Bertz CT molecular complexity index is 874. The number of aryl methyl sites for hydroxylation is 3. The maximum Gasteiger partial charge on any atom is 0.287 e. The molecule has 0 aliphatic carbocycles. The van der Waals surface area contributed by atoms with E-state index in [1.165, 1.54) is 43.5 Å². The Hall–Kier alpha value is -1.85. The summed E-state index contributed by atoms with van der Waals surface area (Å²) >= 11 is 0. The van der Waals surface area contributed by atoms with Gasteiger partial charge in [0.2, 0.25) is 0 Å². The van der Waals surface area contributed by atoms with E-state index >= 15 is 0 Å². The Labute approximate surface area is 173 Å². The predicted octanol–water partition coefficient (Wildman–Crippen LogP) is 4.37. The summed E-state index contributed by atoms with van der Waals surface area (Å²) in [6, 6.07) is 4.15. The second kappa shape index (κ2) is 8.49. The number of piperidine rings is 1. The van der Waals surface area contributed by atoms with Crippen molar-refractivity contribution in [3.8, 4) is 0 Å². The maximum atomic E-state index is 13.0. The van der Waals surface area contributed by atoms with Crippen LogP contribution in [0.4, 0.5) is 0 Å². The summed E-state index contributed by atoms with van der Waals surface area (Å²) in [5.74, 6) is 0.351. The van der Waals surface area contributed by atoms with Gasteiger partial charge in [0.15, 0.2) is 5.76 Å². The van der Waals surface area contributed by atoms with Gasteiger partial charge in [-0.15, -0.1) is 0 Å². The van der Waals surface area contributed by atoms with Gasteiger partial charge in [0, 0.05) is 42.7 Å². The number of amides is 1. The molecule has 4 rings (SSSR count). The quantitative estimate of drug-likeness (QED) is 0.813. The van der Waals surface area contributed by atoms with E-state index < -0.39 is 0 Å². The van der Waals surface area contributed by atoms with Crippen LogP contribution >= 0.6 is 0 Å². The highest BCUT2D eigenvalue weighted by Gasteiger charge is 2.35. The summed E-state index contributed by atoms with van der Waals surface area (Å²) in [5, 5.41) is 4.25. The molecule has 0 unspecified atom stereocenters. The van der Waals surface area contributed by atoms with Gasteiger partial charge >= 0.3 is 0 Å². The number of ether oxygens (including phenoxy) is 1. The van der Waals surface area contributed by atoms with Crippen molar-refractivity contribution in [1.82, 2.24) is 10.2 Å². The number of hydrogen-bond donors (Lipinski definition) is 1. The summed E-state index contributed by atoms with van der Waals surface area (Å²) in [6.07, 6.45) is 5.92. The summed E-state index contributed by atoms with van der Waals surface area (Å²) in [5.41, 5.74) is 4.22. The number of likely N-dealkylation sites (tertiary alicyclic amines) is 1. The molecule has 2 aromatic rings. The average molecular weight is 399 g/mol. The zero-order valence-electron chi connectivity index (χ0n) is 18.1. The van der Waals surface area contributed by atoms with Crippen molar-refractivity contribution in [3.63, 3.8) is 0 Å². The lowest BCUT2D eigenvalue weighted by Crippen LogP contribution is -2.49. The highest BCUT2D eigenvalue weighted by atomic mass is 16.5. The van der Waals surface area contributed by atoms with Gasteiger partial charge < -0.3 is 19.4 Å². The van der Waals surface area contributed by atoms with Crippen LogP contribution in [0, 0.1) is 26.2 Å². The number of nitrogens with one attached hydrogen (secondary N) is 1. The molecule has 0 bridgehead atoms. The summed E-state index contributed by atoms with van der Waals surface area (Å²) < 4.78 is 11.6. The molecule has 1 N–H and O–H groups in total. The van der Waals surface area contributed by atoms with Gasteiger partial charge in [0.1, 0.15) is 5.58 Å². The Balaban J connectivity index is 1.49. The zero-order valence-corrected chi connectivity index (χ0v) is 18.1. The van der Waals surface area contributed by atoms with Crippen LogP contribution in [0.15, 0.2) is 16.5 Å². The predicted molar refractivity (Wildman–Crippen MR) is 116 cm³/mol. The monoisotopic (exact) mass is 398 g/mol. The van der Waals surface area contributed by atoms with E-state index in [2.05, 4.69) is 30.1 Å². The number of nitrogens with zero attached hydrogens (tertiary/aromatic N) is 1. The highest BCUT2D eigenvalue weighted by molar-refractivity contribution is 5.99. The largest absolute Gasteiger partial charge is 0.451 e. The number of carbonyl (C=O) groups excluding carboxylic acids is 1. The van der Waals surface area contributed by atoms with Crippen molar-refractivity contribution < 1.29 is 13.9 Å². The Morgan fingerprint density at radius 1 is 1.07 bits per heavy atom. The topological polar surface area (TPSA) is 54.7 Å². The number of hydrogen-bond acceptors (Lipinski definition) is 4. The van der Waals surface area contributed by atoms with Gasteiger partial charge in [-0.3, -0.25) is 4.79 Å². The number of fused-ring (bicyclic) bond motifs is 1. The van der Waals surface area contributed by atoms with Crippen LogP contribution in [-0.4, -0.2) is 50.2 Å². The van der Waals surface area contributed by atoms with E-state index in [9.17, 15) is 4.79 Å². The van der Waals surface area contributed by atoms with Crippen molar-refractivity contribution in [2.75, 3.05) is 39.4 Å². The molecular weight excluding hydrogens is 364 g/mol. The van der Waals surface area contributed by atoms with Crippen LogP contribution < -0.4 is 5.32 Å². The van der Waals surface area contributed by atoms with Gasteiger partial charge in [-0.1, -0.05) is 6.42 Å². The van der Waals surface area contributed by atoms with Gasteiger partial charge in [0.25, 0.3) is 5.91 Å². The van der Waals surface area contributed by atoms with Crippen LogP contribution in [0.1, 0.15) is 59.3 Å². The van der Waals surface area contributed by atoms with Crippen molar-refractivity contribution in [2.24, 2.45) is 5.41 Å². The van der Waals surface area contributed by atoms with Gasteiger partial charge in [-0.2, -0.15) is 0 Å². The number of carbonyl (C=O) groups is 1. The molecule has 5 heteroatoms. The van der Waals surface area contributed by atoms with Crippen molar-refractivity contribution in [2.45, 2.75) is 52.9 Å². The van der Waals surface area contributed by atoms with Crippen molar-refractivity contribution in [3.05, 3.63) is 34.6 Å². The molecule has 3 heterocycles. The molecule has 2 aliphatic heterocycles. The fourth-order valence-electron chi connectivity index (χ4n) is 4.83. The third-order valence-corrected chi connectivity index (χ3v) is 6.94. The first-order valence-electron chi connectivity index (χ1n) is 11.1. The Morgan fingerprint density at radius 2 is 1.76 bits per heavy atom. The molecule has 0 saturated carbocycles. The number of rotatable bonds is 5. The Kier molecular flexibility index (Phi) is 5.98. The van der Waals surface area contributed by atoms with E-state index in [4.69, 9.17) is 9.15 Å². The van der Waals surface area contributed by atoms with Gasteiger partial charge in [-0.25, -0.2) is 0 Å². The zero-order chi connectivity index (χ0) is 20.4. The third-order valence-electron chi connectivity index (χ3n) is 6.94. The van der Waals surface area contributed by atoms with Crippen LogP contribution in [-0.2, 0) is 4.74 Å². The first kappa shape index (κ1) is 20.4. The summed E-state index contributed by atoms with van der Waals surface area (Å²) in [6.45, 7) is 11.8. The molecule has 2 saturated heterocycles. The lowest BCUT2D eigenvalue weighted by molar-refractivity contribution is -0.00682. The summed E-state index contributed by atoms with van der Waals surface area (Å²) in [4.78, 5) is 15.6. The number of furan rings is 1. The van der Waals surface area contributed by atoms with Crippen LogP contribution in [0.5, 0.6) is 0 Å². The smallest absolute Gasteiger partial charge is 0.287 e. The second-order valence-electron chi connectivity index (χ2n) is 9.12. The highest BCUT2D eigenvalue weighted by Crippen LogP contribution is 2.33. The first-order chi connectivity index (χ1) is 14.0. The van der Waals surface area contributed by atoms with Gasteiger partial charge in [0.05, 0.1) is 0 Å². The molecule has 1 aromatic heterocycles. The lowest BCUT2D eigenvalue weighted by Gasteiger charge is -2.42. The normalized spacial score (nSPS) is 20.1. The average Bonchev–Trinajstić information content (AvgIpc) is 3.04. The van der Waals surface area contributed by atoms with Crippen LogP contribution in [0.3, 0.4) is 0 Å². The molecule has 2 aliphatic rings. The second-order valence-corrected chi connectivity index (χ2v) is 9.12. The minimum Gasteiger partial charge on any atom is -0.451 e. The fourth-order valence-corrected chi connectivity index (χ4v) is 4.83. The molecule has 158 valence electrons. The molecule has 29 heavy (non-hydrogen) atoms. The molecule has 1 aromatic carbocycles. The van der Waals surface area contributed by atoms with Crippen molar-refractivity contribution in [1.29, 1.82) is 0 Å². The first-order valence-corrected chi connectivity index (χ1v) is 11.1.